The number of alkyl halides is 3. The maximum absolute atomic E-state index is 12.6. The third-order valence-corrected chi connectivity index (χ3v) is 4.35. The van der Waals surface area contributed by atoms with E-state index in [4.69, 9.17) is 15.0 Å². The number of aromatic hydroxyl groups is 1. The summed E-state index contributed by atoms with van der Waals surface area (Å²) in [5, 5.41) is 9.59. The molecule has 0 radical (unpaired) electrons. The van der Waals surface area contributed by atoms with Crippen LogP contribution in [0.25, 0.3) is 6.08 Å². The van der Waals surface area contributed by atoms with E-state index in [1.807, 2.05) is 27.7 Å². The minimum atomic E-state index is -4.85. The average Bonchev–Trinajstić information content (AvgIpc) is 2.66. The van der Waals surface area contributed by atoms with E-state index in [1.165, 1.54) is 6.08 Å². The van der Waals surface area contributed by atoms with Crippen LogP contribution < -0.4 is 10.5 Å². The van der Waals surface area contributed by atoms with Crippen LogP contribution in [0.1, 0.15) is 33.3 Å². The molecule has 0 bridgehead atoms. The highest BCUT2D eigenvalue weighted by atomic mass is 19.4. The highest BCUT2D eigenvalue weighted by Crippen LogP contribution is 2.39. The largest absolute Gasteiger partial charge is 0.573 e. The van der Waals surface area contributed by atoms with Gasteiger partial charge in [0.05, 0.1) is 11.2 Å². The van der Waals surface area contributed by atoms with Crippen molar-refractivity contribution in [2.45, 2.75) is 45.3 Å². The number of phenols is 1. The SMILES string of the molecule is CC1(C)OB(C(=Cc2cc(O)ccc2OC(F)(F)F)CN)OC1(C)C. The Bertz CT molecular complexity index is 658. The van der Waals surface area contributed by atoms with Gasteiger partial charge in [-0.05, 0) is 51.4 Å². The number of hydrogen-bond donors (Lipinski definition) is 2. The Kier molecular flexibility index (Phi) is 5.14. The Morgan fingerprint density at radius 2 is 1.80 bits per heavy atom. The van der Waals surface area contributed by atoms with Crippen LogP contribution in [-0.2, 0) is 9.31 Å². The first-order valence-corrected chi connectivity index (χ1v) is 7.69. The highest BCUT2D eigenvalue weighted by Gasteiger charge is 2.52. The van der Waals surface area contributed by atoms with E-state index in [9.17, 15) is 18.3 Å². The van der Waals surface area contributed by atoms with Crippen molar-refractivity contribution in [3.63, 3.8) is 0 Å². The summed E-state index contributed by atoms with van der Waals surface area (Å²) >= 11 is 0. The van der Waals surface area contributed by atoms with Gasteiger partial charge < -0.3 is 24.9 Å². The molecule has 2 rings (SSSR count). The average molecular weight is 359 g/mol. The zero-order chi connectivity index (χ0) is 19.0. The summed E-state index contributed by atoms with van der Waals surface area (Å²) in [6.45, 7) is 7.42. The Labute approximate surface area is 144 Å². The van der Waals surface area contributed by atoms with Crippen molar-refractivity contribution >= 4 is 13.2 Å². The first kappa shape index (κ1) is 19.6. The quantitative estimate of drug-likeness (QED) is 0.808. The van der Waals surface area contributed by atoms with Crippen molar-refractivity contribution < 1.29 is 32.3 Å². The fourth-order valence-electron chi connectivity index (χ4n) is 2.28. The molecule has 0 unspecified atom stereocenters. The Morgan fingerprint density at radius 3 is 2.28 bits per heavy atom. The maximum Gasteiger partial charge on any atom is 0.573 e. The second-order valence-corrected chi connectivity index (χ2v) is 6.78. The molecule has 1 aliphatic heterocycles. The van der Waals surface area contributed by atoms with Crippen molar-refractivity contribution in [3.8, 4) is 11.5 Å². The van der Waals surface area contributed by atoms with Crippen LogP contribution in [0, 0.1) is 0 Å². The first-order chi connectivity index (χ1) is 11.3. The molecule has 0 aliphatic carbocycles. The van der Waals surface area contributed by atoms with Crippen LogP contribution in [-0.4, -0.2) is 36.3 Å². The molecule has 3 N–H and O–H groups in total. The molecule has 1 fully saturated rings. The smallest absolute Gasteiger partial charge is 0.508 e. The molecule has 5 nitrogen and oxygen atoms in total. The Balaban J connectivity index is 2.39. The van der Waals surface area contributed by atoms with Crippen molar-refractivity contribution in [2.24, 2.45) is 5.73 Å². The number of hydrogen-bond acceptors (Lipinski definition) is 5. The number of nitrogens with two attached hydrogens (primary N) is 1. The molecule has 1 saturated heterocycles. The molecule has 0 atom stereocenters. The summed E-state index contributed by atoms with van der Waals surface area (Å²) in [6.07, 6.45) is -3.48. The maximum atomic E-state index is 12.6. The van der Waals surface area contributed by atoms with Gasteiger partial charge in [0.25, 0.3) is 0 Å². The predicted molar refractivity (Wildman–Crippen MR) is 87.9 cm³/mol. The van der Waals surface area contributed by atoms with Crippen LogP contribution in [0.15, 0.2) is 23.7 Å². The van der Waals surface area contributed by atoms with E-state index in [-0.39, 0.29) is 17.9 Å². The molecule has 0 aromatic heterocycles. The van der Waals surface area contributed by atoms with E-state index in [1.54, 1.807) is 0 Å². The predicted octanol–water partition coefficient (Wildman–Crippen LogP) is 3.26. The van der Waals surface area contributed by atoms with Crippen LogP contribution in [0.3, 0.4) is 0 Å². The van der Waals surface area contributed by atoms with Gasteiger partial charge >= 0.3 is 13.5 Å². The highest BCUT2D eigenvalue weighted by molar-refractivity contribution is 6.55. The molecular weight excluding hydrogens is 338 g/mol. The molecule has 25 heavy (non-hydrogen) atoms. The van der Waals surface area contributed by atoms with Crippen LogP contribution in [0.5, 0.6) is 11.5 Å². The lowest BCUT2D eigenvalue weighted by atomic mass is 9.77. The zero-order valence-corrected chi connectivity index (χ0v) is 14.5. The van der Waals surface area contributed by atoms with Gasteiger partial charge in [-0.25, -0.2) is 0 Å². The number of benzene rings is 1. The molecule has 138 valence electrons. The van der Waals surface area contributed by atoms with Crippen LogP contribution >= 0.6 is 0 Å². The molecule has 0 spiro atoms. The number of ether oxygens (including phenoxy) is 1. The molecule has 1 aromatic rings. The number of halogens is 3. The summed E-state index contributed by atoms with van der Waals surface area (Å²) in [5.74, 6) is -0.654. The van der Waals surface area contributed by atoms with E-state index >= 15 is 0 Å². The lowest BCUT2D eigenvalue weighted by Crippen LogP contribution is -2.41. The minimum absolute atomic E-state index is 0.00204. The van der Waals surface area contributed by atoms with Crippen molar-refractivity contribution in [3.05, 3.63) is 29.2 Å². The third kappa shape index (κ3) is 4.48. The number of rotatable bonds is 4. The molecule has 1 aromatic carbocycles. The molecule has 0 amide bonds. The lowest BCUT2D eigenvalue weighted by Gasteiger charge is -2.32. The van der Waals surface area contributed by atoms with Crippen molar-refractivity contribution in [1.29, 1.82) is 0 Å². The third-order valence-electron chi connectivity index (χ3n) is 4.35. The standard InChI is InChI=1S/C16H21BF3NO4/c1-14(2)15(3,4)25-17(24-14)11(9-21)7-10-8-12(22)5-6-13(10)23-16(18,19)20/h5-8,22H,9,21H2,1-4H3. The van der Waals surface area contributed by atoms with Gasteiger partial charge in [0.1, 0.15) is 11.5 Å². The molecule has 1 aliphatic rings. The second kappa shape index (κ2) is 6.55. The summed E-state index contributed by atoms with van der Waals surface area (Å²) in [6, 6.07) is 3.30. The monoisotopic (exact) mass is 359 g/mol. The normalized spacial score (nSPS) is 20.0. The summed E-state index contributed by atoms with van der Waals surface area (Å²) in [7, 11) is -0.809. The zero-order valence-electron chi connectivity index (χ0n) is 14.5. The van der Waals surface area contributed by atoms with Crippen molar-refractivity contribution in [2.75, 3.05) is 6.54 Å². The van der Waals surface area contributed by atoms with Gasteiger partial charge in [-0.2, -0.15) is 0 Å². The van der Waals surface area contributed by atoms with Gasteiger partial charge in [0.15, 0.2) is 0 Å². The minimum Gasteiger partial charge on any atom is -0.508 e. The van der Waals surface area contributed by atoms with Crippen molar-refractivity contribution in [1.82, 2.24) is 0 Å². The molecule has 0 saturated carbocycles. The number of phenolic OH excluding ortho intramolecular Hbond substituents is 1. The second-order valence-electron chi connectivity index (χ2n) is 6.78. The van der Waals surface area contributed by atoms with Gasteiger partial charge in [0, 0.05) is 12.1 Å². The van der Waals surface area contributed by atoms with Gasteiger partial charge in [-0.15, -0.1) is 13.2 Å². The first-order valence-electron chi connectivity index (χ1n) is 7.69. The summed E-state index contributed by atoms with van der Waals surface area (Å²) in [4.78, 5) is 0. The van der Waals surface area contributed by atoms with Crippen LogP contribution in [0.2, 0.25) is 0 Å². The Hall–Kier alpha value is -1.71. The fraction of sp³-hybridized carbons (Fsp3) is 0.500. The fourth-order valence-corrected chi connectivity index (χ4v) is 2.28. The van der Waals surface area contributed by atoms with E-state index in [0.717, 1.165) is 18.2 Å². The van der Waals surface area contributed by atoms with E-state index < -0.39 is 30.4 Å². The van der Waals surface area contributed by atoms with Gasteiger partial charge in [-0.1, -0.05) is 6.08 Å². The molecule has 9 heteroatoms. The summed E-state index contributed by atoms with van der Waals surface area (Å²) in [5.41, 5.74) is 4.96. The van der Waals surface area contributed by atoms with Crippen LogP contribution in [0.4, 0.5) is 13.2 Å². The van der Waals surface area contributed by atoms with Gasteiger partial charge in [0.2, 0.25) is 0 Å². The molecule has 1 heterocycles. The van der Waals surface area contributed by atoms with E-state index in [2.05, 4.69) is 4.74 Å². The topological polar surface area (TPSA) is 73.9 Å². The Morgan fingerprint density at radius 1 is 1.24 bits per heavy atom. The lowest BCUT2D eigenvalue weighted by molar-refractivity contribution is -0.274. The van der Waals surface area contributed by atoms with E-state index in [0.29, 0.717) is 5.47 Å². The van der Waals surface area contributed by atoms with Gasteiger partial charge in [-0.3, -0.25) is 0 Å². The molecular formula is C16H21BF3NO4. The summed E-state index contributed by atoms with van der Waals surface area (Å²) < 4.78 is 53.4.